The Bertz CT molecular complexity index is 174. The molecule has 70 valence electrons. The van der Waals surface area contributed by atoms with Gasteiger partial charge in [-0.25, -0.2) is 9.98 Å². The predicted molar refractivity (Wildman–Crippen MR) is 51.3 cm³/mol. The molecule has 0 spiro atoms. The fraction of sp³-hybridized carbons (Fsp3) is 0.875. The first-order chi connectivity index (χ1) is 5.45. The molecular weight excluding hydrogens is 152 g/mol. The molecule has 0 aliphatic rings. The average Bonchev–Trinajstić information content (AvgIpc) is 1.84. The van der Waals surface area contributed by atoms with E-state index in [1.165, 1.54) is 0 Å². The van der Waals surface area contributed by atoms with E-state index in [0.717, 1.165) is 0 Å². The van der Waals surface area contributed by atoms with Crippen molar-refractivity contribution >= 4 is 6.01 Å². The van der Waals surface area contributed by atoms with Crippen LogP contribution in [-0.2, 0) is 0 Å². The topological polar surface area (TPSA) is 76.8 Å². The van der Waals surface area contributed by atoms with E-state index in [1.54, 1.807) is 6.92 Å². The van der Waals surface area contributed by atoms with E-state index in [1.807, 2.05) is 13.8 Å². The second-order valence-electron chi connectivity index (χ2n) is 3.26. The highest BCUT2D eigenvalue weighted by Gasteiger charge is 2.14. The number of nitrogens with two attached hydrogens (primary N) is 2. The minimum Gasteiger partial charge on any atom is -0.314 e. The van der Waals surface area contributed by atoms with E-state index in [4.69, 9.17) is 11.5 Å². The van der Waals surface area contributed by atoms with E-state index in [-0.39, 0.29) is 6.04 Å². The molecule has 1 unspecified atom stereocenters. The second kappa shape index (κ2) is 5.04. The Kier molecular flexibility index (Phi) is 4.74. The highest BCUT2D eigenvalue weighted by Crippen LogP contribution is 2.03. The fourth-order valence-corrected chi connectivity index (χ4v) is 0.892. The fourth-order valence-electron chi connectivity index (χ4n) is 0.892. The second-order valence-corrected chi connectivity index (χ2v) is 3.26. The van der Waals surface area contributed by atoms with Gasteiger partial charge in [-0.1, -0.05) is 0 Å². The van der Waals surface area contributed by atoms with Gasteiger partial charge in [-0.15, -0.1) is 0 Å². The van der Waals surface area contributed by atoms with Gasteiger partial charge in [0.05, 0.1) is 17.7 Å². The maximum absolute atomic E-state index is 5.60. The van der Waals surface area contributed by atoms with Crippen LogP contribution in [0.5, 0.6) is 0 Å². The molecule has 0 rings (SSSR count). The predicted octanol–water partition coefficient (Wildman–Crippen LogP) is 0.592. The zero-order chi connectivity index (χ0) is 9.61. The van der Waals surface area contributed by atoms with Crippen LogP contribution < -0.4 is 11.5 Å². The molecule has 0 aliphatic carbocycles. The molecule has 0 heterocycles. The standard InChI is InChI=1S/C8H18N4/c1-4-11-6-12-7(2)5-8(3,9)10/h7H,4-5,9-10H2,1-3H3. The lowest BCUT2D eigenvalue weighted by atomic mass is 10.1. The molecular formula is C8H18N4. The monoisotopic (exact) mass is 170 g/mol. The summed E-state index contributed by atoms with van der Waals surface area (Å²) in [5.74, 6) is 0. The first-order valence-electron chi connectivity index (χ1n) is 4.15. The van der Waals surface area contributed by atoms with Crippen LogP contribution in [0.1, 0.15) is 27.2 Å². The third-order valence-electron chi connectivity index (χ3n) is 1.24. The van der Waals surface area contributed by atoms with Gasteiger partial charge >= 0.3 is 0 Å². The van der Waals surface area contributed by atoms with Crippen molar-refractivity contribution < 1.29 is 0 Å². The van der Waals surface area contributed by atoms with Crippen LogP contribution in [0.3, 0.4) is 0 Å². The quantitative estimate of drug-likeness (QED) is 0.478. The highest BCUT2D eigenvalue weighted by atomic mass is 15.0. The Hall–Kier alpha value is -0.700. The molecule has 0 fully saturated rings. The van der Waals surface area contributed by atoms with Crippen LogP contribution in [0.15, 0.2) is 9.98 Å². The summed E-state index contributed by atoms with van der Waals surface area (Å²) in [6.45, 7) is 6.36. The van der Waals surface area contributed by atoms with E-state index >= 15 is 0 Å². The van der Waals surface area contributed by atoms with Crippen molar-refractivity contribution in [2.45, 2.75) is 38.9 Å². The first kappa shape index (κ1) is 11.3. The molecule has 12 heavy (non-hydrogen) atoms. The Morgan fingerprint density at radius 1 is 1.50 bits per heavy atom. The molecule has 0 aliphatic heterocycles. The summed E-state index contributed by atoms with van der Waals surface area (Å²) < 4.78 is 0. The van der Waals surface area contributed by atoms with E-state index in [9.17, 15) is 0 Å². The van der Waals surface area contributed by atoms with Crippen molar-refractivity contribution in [1.29, 1.82) is 0 Å². The molecule has 0 aromatic carbocycles. The van der Waals surface area contributed by atoms with Crippen molar-refractivity contribution in [2.24, 2.45) is 21.5 Å². The van der Waals surface area contributed by atoms with E-state index < -0.39 is 5.66 Å². The molecule has 4 N–H and O–H groups in total. The Labute approximate surface area is 73.8 Å². The highest BCUT2D eigenvalue weighted by molar-refractivity contribution is 5.41. The molecule has 0 saturated heterocycles. The zero-order valence-corrected chi connectivity index (χ0v) is 8.04. The van der Waals surface area contributed by atoms with Crippen molar-refractivity contribution in [2.75, 3.05) is 6.54 Å². The van der Waals surface area contributed by atoms with Crippen LogP contribution in [0.2, 0.25) is 0 Å². The molecule has 0 aromatic rings. The molecule has 0 radical (unpaired) electrons. The number of hydrogen-bond acceptors (Lipinski definition) is 4. The van der Waals surface area contributed by atoms with Gasteiger partial charge in [-0.3, -0.25) is 0 Å². The zero-order valence-electron chi connectivity index (χ0n) is 8.04. The summed E-state index contributed by atoms with van der Waals surface area (Å²) in [5.41, 5.74) is 10.5. The van der Waals surface area contributed by atoms with Crippen molar-refractivity contribution in [3.63, 3.8) is 0 Å². The van der Waals surface area contributed by atoms with Gasteiger partial charge in [0.25, 0.3) is 0 Å². The number of rotatable bonds is 4. The molecule has 4 nitrogen and oxygen atoms in total. The minimum atomic E-state index is -0.656. The first-order valence-corrected chi connectivity index (χ1v) is 4.15. The third kappa shape index (κ3) is 7.41. The lowest BCUT2D eigenvalue weighted by Crippen LogP contribution is -2.47. The van der Waals surface area contributed by atoms with Crippen molar-refractivity contribution in [1.82, 2.24) is 0 Å². The Morgan fingerprint density at radius 3 is 2.50 bits per heavy atom. The van der Waals surface area contributed by atoms with E-state index in [0.29, 0.717) is 13.0 Å². The minimum absolute atomic E-state index is 0.0836. The molecule has 0 amide bonds. The van der Waals surface area contributed by atoms with Crippen molar-refractivity contribution in [3.8, 4) is 0 Å². The van der Waals surface area contributed by atoms with Gasteiger partial charge in [-0.05, 0) is 20.8 Å². The van der Waals surface area contributed by atoms with Gasteiger partial charge in [-0.2, -0.15) is 0 Å². The van der Waals surface area contributed by atoms with Crippen LogP contribution in [-0.4, -0.2) is 24.3 Å². The van der Waals surface area contributed by atoms with Crippen LogP contribution in [0.25, 0.3) is 0 Å². The van der Waals surface area contributed by atoms with Gasteiger partial charge in [0.1, 0.15) is 0 Å². The van der Waals surface area contributed by atoms with Gasteiger partial charge in [0.2, 0.25) is 0 Å². The number of nitrogens with zero attached hydrogens (tertiary/aromatic N) is 2. The molecule has 0 bridgehead atoms. The van der Waals surface area contributed by atoms with Crippen LogP contribution >= 0.6 is 0 Å². The molecule has 4 heteroatoms. The van der Waals surface area contributed by atoms with Crippen molar-refractivity contribution in [3.05, 3.63) is 0 Å². The molecule has 0 saturated carbocycles. The third-order valence-corrected chi connectivity index (χ3v) is 1.24. The van der Waals surface area contributed by atoms with E-state index in [2.05, 4.69) is 16.0 Å². The lowest BCUT2D eigenvalue weighted by Gasteiger charge is -2.19. The summed E-state index contributed by atoms with van der Waals surface area (Å²) in [6.07, 6.45) is 0.638. The lowest BCUT2D eigenvalue weighted by molar-refractivity contribution is 0.416. The summed E-state index contributed by atoms with van der Waals surface area (Å²) >= 11 is 0. The summed E-state index contributed by atoms with van der Waals surface area (Å²) in [7, 11) is 0. The maximum Gasteiger partial charge on any atom is 0.0895 e. The van der Waals surface area contributed by atoms with Gasteiger partial charge < -0.3 is 11.5 Å². The van der Waals surface area contributed by atoms with Gasteiger partial charge in [0, 0.05) is 13.0 Å². The number of aliphatic imine (C=N–C) groups is 2. The molecule has 0 aromatic heterocycles. The Morgan fingerprint density at radius 2 is 2.08 bits per heavy atom. The van der Waals surface area contributed by atoms with Crippen LogP contribution in [0.4, 0.5) is 0 Å². The SMILES string of the molecule is CCN=C=NC(C)CC(C)(N)N. The maximum atomic E-state index is 5.60. The average molecular weight is 170 g/mol. The Balaban J connectivity index is 3.90. The summed E-state index contributed by atoms with van der Waals surface area (Å²) in [6, 6.07) is 2.68. The normalized spacial score (nSPS) is 13.4. The number of hydrogen-bond donors (Lipinski definition) is 2. The summed E-state index contributed by atoms with van der Waals surface area (Å²) in [4.78, 5) is 7.87. The molecule has 1 atom stereocenters. The summed E-state index contributed by atoms with van der Waals surface area (Å²) in [5, 5.41) is 0. The smallest absolute Gasteiger partial charge is 0.0895 e. The van der Waals surface area contributed by atoms with Gasteiger partial charge in [0.15, 0.2) is 0 Å². The largest absolute Gasteiger partial charge is 0.314 e. The van der Waals surface area contributed by atoms with Crippen LogP contribution in [0, 0.1) is 0 Å².